The van der Waals surface area contributed by atoms with Gasteiger partial charge in [-0.25, -0.2) is 8.42 Å². The van der Waals surface area contributed by atoms with Crippen molar-refractivity contribution in [1.82, 2.24) is 4.31 Å². The summed E-state index contributed by atoms with van der Waals surface area (Å²) in [7, 11) is -0.370. The minimum atomic E-state index is -3.53. The van der Waals surface area contributed by atoms with Crippen molar-refractivity contribution >= 4 is 15.7 Å². The van der Waals surface area contributed by atoms with Crippen molar-refractivity contribution in [3.63, 3.8) is 0 Å². The SMILES string of the molecule is COc1ccc(S(=O)(=O)N(C)C2CCCC2)c(N)c1. The third-order valence-corrected chi connectivity index (χ3v) is 5.70. The van der Waals surface area contributed by atoms with Crippen molar-refractivity contribution < 1.29 is 13.2 Å². The number of ether oxygens (including phenoxy) is 1. The molecule has 1 aromatic carbocycles. The van der Waals surface area contributed by atoms with Gasteiger partial charge >= 0.3 is 0 Å². The molecule has 0 heterocycles. The lowest BCUT2D eigenvalue weighted by molar-refractivity contribution is 0.373. The Kier molecular flexibility index (Phi) is 4.01. The van der Waals surface area contributed by atoms with Gasteiger partial charge in [-0.2, -0.15) is 4.31 Å². The van der Waals surface area contributed by atoms with Crippen LogP contribution in [-0.2, 0) is 10.0 Å². The predicted octanol–water partition coefficient (Wildman–Crippen LogP) is 1.84. The zero-order valence-electron chi connectivity index (χ0n) is 11.3. The molecule has 19 heavy (non-hydrogen) atoms. The van der Waals surface area contributed by atoms with Crippen LogP contribution in [0.15, 0.2) is 23.1 Å². The molecule has 1 aliphatic rings. The van der Waals surface area contributed by atoms with Crippen LogP contribution in [0.25, 0.3) is 0 Å². The van der Waals surface area contributed by atoms with E-state index in [-0.39, 0.29) is 16.6 Å². The lowest BCUT2D eigenvalue weighted by Gasteiger charge is -2.24. The molecule has 2 rings (SSSR count). The van der Waals surface area contributed by atoms with E-state index in [0.717, 1.165) is 25.7 Å². The van der Waals surface area contributed by atoms with E-state index in [2.05, 4.69) is 0 Å². The number of nitrogens with two attached hydrogens (primary N) is 1. The fourth-order valence-corrected chi connectivity index (χ4v) is 4.02. The first-order valence-electron chi connectivity index (χ1n) is 6.38. The Hall–Kier alpha value is -1.27. The molecule has 1 aromatic rings. The number of hydrogen-bond donors (Lipinski definition) is 1. The van der Waals surface area contributed by atoms with E-state index >= 15 is 0 Å². The Bertz CT molecular complexity index is 551. The van der Waals surface area contributed by atoms with Crippen molar-refractivity contribution in [3.8, 4) is 5.75 Å². The monoisotopic (exact) mass is 284 g/mol. The Balaban J connectivity index is 2.33. The number of anilines is 1. The minimum absolute atomic E-state index is 0.0894. The summed E-state index contributed by atoms with van der Waals surface area (Å²) in [6.07, 6.45) is 4.02. The van der Waals surface area contributed by atoms with Crippen LogP contribution in [0, 0.1) is 0 Å². The quantitative estimate of drug-likeness (QED) is 0.856. The van der Waals surface area contributed by atoms with Gasteiger partial charge < -0.3 is 10.5 Å². The maximum Gasteiger partial charge on any atom is 0.245 e. The molecule has 0 amide bonds. The van der Waals surface area contributed by atoms with Gasteiger partial charge in [-0.3, -0.25) is 0 Å². The lowest BCUT2D eigenvalue weighted by Crippen LogP contribution is -2.35. The molecule has 0 radical (unpaired) electrons. The molecule has 0 aromatic heterocycles. The van der Waals surface area contributed by atoms with Crippen molar-refractivity contribution in [3.05, 3.63) is 18.2 Å². The van der Waals surface area contributed by atoms with Crippen molar-refractivity contribution in [2.45, 2.75) is 36.6 Å². The van der Waals surface area contributed by atoms with Gasteiger partial charge in [0.1, 0.15) is 10.6 Å². The van der Waals surface area contributed by atoms with Crippen molar-refractivity contribution in [2.75, 3.05) is 19.9 Å². The first-order chi connectivity index (χ1) is 8.96. The molecule has 1 saturated carbocycles. The fraction of sp³-hybridized carbons (Fsp3) is 0.538. The molecule has 0 spiro atoms. The van der Waals surface area contributed by atoms with Gasteiger partial charge in [0.15, 0.2) is 0 Å². The van der Waals surface area contributed by atoms with Gasteiger partial charge in [0.05, 0.1) is 12.8 Å². The lowest BCUT2D eigenvalue weighted by atomic mass is 10.3. The zero-order chi connectivity index (χ0) is 14.0. The third-order valence-electron chi connectivity index (χ3n) is 3.71. The molecule has 1 aliphatic carbocycles. The van der Waals surface area contributed by atoms with E-state index in [1.165, 1.54) is 23.5 Å². The highest BCUT2D eigenvalue weighted by molar-refractivity contribution is 7.89. The van der Waals surface area contributed by atoms with Crippen LogP contribution in [0.5, 0.6) is 5.75 Å². The predicted molar refractivity (Wildman–Crippen MR) is 74.6 cm³/mol. The summed E-state index contributed by atoms with van der Waals surface area (Å²) in [5, 5.41) is 0. The first kappa shape index (κ1) is 14.1. The standard InChI is InChI=1S/C13H20N2O3S/c1-15(10-5-3-4-6-10)19(16,17)13-8-7-11(18-2)9-12(13)14/h7-10H,3-6,14H2,1-2H3. The van der Waals surface area contributed by atoms with Crippen LogP contribution in [0.3, 0.4) is 0 Å². The summed E-state index contributed by atoms with van der Waals surface area (Å²) in [5.41, 5.74) is 6.06. The van der Waals surface area contributed by atoms with E-state index < -0.39 is 10.0 Å². The third kappa shape index (κ3) is 2.69. The molecule has 5 nitrogen and oxygen atoms in total. The van der Waals surface area contributed by atoms with Crippen LogP contribution >= 0.6 is 0 Å². The van der Waals surface area contributed by atoms with Crippen LogP contribution in [-0.4, -0.2) is 32.9 Å². The average molecular weight is 284 g/mol. The average Bonchev–Trinajstić information content (AvgIpc) is 2.90. The van der Waals surface area contributed by atoms with Gasteiger partial charge in [0.25, 0.3) is 0 Å². The van der Waals surface area contributed by atoms with Crippen molar-refractivity contribution in [1.29, 1.82) is 0 Å². The second-order valence-electron chi connectivity index (χ2n) is 4.86. The summed E-state index contributed by atoms with van der Waals surface area (Å²) in [5.74, 6) is 0.556. The van der Waals surface area contributed by atoms with Gasteiger partial charge in [0, 0.05) is 19.2 Å². The van der Waals surface area contributed by atoms with Crippen LogP contribution in [0.4, 0.5) is 5.69 Å². The van der Waals surface area contributed by atoms with Gasteiger partial charge in [-0.05, 0) is 25.0 Å². The highest BCUT2D eigenvalue weighted by atomic mass is 32.2. The number of benzene rings is 1. The fourth-order valence-electron chi connectivity index (χ4n) is 2.51. The molecule has 0 saturated heterocycles. The molecule has 1 fully saturated rings. The number of rotatable bonds is 4. The van der Waals surface area contributed by atoms with E-state index in [9.17, 15) is 8.42 Å². The first-order valence-corrected chi connectivity index (χ1v) is 7.82. The van der Waals surface area contributed by atoms with Crippen LogP contribution in [0.2, 0.25) is 0 Å². The van der Waals surface area contributed by atoms with Crippen LogP contribution < -0.4 is 10.5 Å². The summed E-state index contributed by atoms with van der Waals surface area (Å²) in [6.45, 7) is 0. The Morgan fingerprint density at radius 3 is 2.47 bits per heavy atom. The van der Waals surface area contributed by atoms with Gasteiger partial charge in [-0.15, -0.1) is 0 Å². The van der Waals surface area contributed by atoms with E-state index in [4.69, 9.17) is 10.5 Å². The minimum Gasteiger partial charge on any atom is -0.497 e. The Labute approximate surface area is 114 Å². The summed E-state index contributed by atoms with van der Waals surface area (Å²) < 4.78 is 31.6. The molecule has 0 bridgehead atoms. The van der Waals surface area contributed by atoms with Crippen molar-refractivity contribution in [2.24, 2.45) is 0 Å². The molecule has 106 valence electrons. The van der Waals surface area contributed by atoms with E-state index in [1.54, 1.807) is 13.1 Å². The molecule has 2 N–H and O–H groups in total. The molecular weight excluding hydrogens is 264 g/mol. The smallest absolute Gasteiger partial charge is 0.245 e. The van der Waals surface area contributed by atoms with E-state index in [0.29, 0.717) is 5.75 Å². The number of sulfonamides is 1. The zero-order valence-corrected chi connectivity index (χ0v) is 12.1. The largest absolute Gasteiger partial charge is 0.497 e. The maximum atomic E-state index is 12.5. The molecule has 0 unspecified atom stereocenters. The highest BCUT2D eigenvalue weighted by Crippen LogP contribution is 2.30. The number of nitrogen functional groups attached to an aromatic ring is 1. The summed E-state index contributed by atoms with van der Waals surface area (Å²) in [6, 6.07) is 4.75. The Morgan fingerprint density at radius 2 is 1.95 bits per heavy atom. The van der Waals surface area contributed by atoms with Crippen LogP contribution in [0.1, 0.15) is 25.7 Å². The van der Waals surface area contributed by atoms with Gasteiger partial charge in [0.2, 0.25) is 10.0 Å². The summed E-state index contributed by atoms with van der Waals surface area (Å²) >= 11 is 0. The molecule has 6 heteroatoms. The number of methoxy groups -OCH3 is 1. The number of hydrogen-bond acceptors (Lipinski definition) is 4. The number of nitrogens with zero attached hydrogens (tertiary/aromatic N) is 1. The summed E-state index contributed by atoms with van der Waals surface area (Å²) in [4.78, 5) is 0.155. The van der Waals surface area contributed by atoms with E-state index in [1.807, 2.05) is 0 Å². The second-order valence-corrected chi connectivity index (χ2v) is 6.83. The molecular formula is C13H20N2O3S. The normalized spacial score (nSPS) is 17.0. The van der Waals surface area contributed by atoms with Gasteiger partial charge in [-0.1, -0.05) is 12.8 Å². The molecule has 0 atom stereocenters. The maximum absolute atomic E-state index is 12.5. The Morgan fingerprint density at radius 1 is 1.32 bits per heavy atom. The molecule has 0 aliphatic heterocycles. The second kappa shape index (κ2) is 5.38. The topological polar surface area (TPSA) is 72.6 Å². The highest BCUT2D eigenvalue weighted by Gasteiger charge is 2.31.